The summed E-state index contributed by atoms with van der Waals surface area (Å²) in [6.07, 6.45) is 2.69. The molecule has 0 radical (unpaired) electrons. The summed E-state index contributed by atoms with van der Waals surface area (Å²) < 4.78 is 1.74. The third-order valence-corrected chi connectivity index (χ3v) is 3.48. The number of hydrogen-bond donors (Lipinski definition) is 1. The molecule has 0 amide bonds. The molecule has 17 heavy (non-hydrogen) atoms. The quantitative estimate of drug-likeness (QED) is 0.835. The summed E-state index contributed by atoms with van der Waals surface area (Å²) in [5, 5.41) is 3.47. The maximum Gasteiger partial charge on any atom is 0.347 e. The van der Waals surface area contributed by atoms with Crippen LogP contribution in [0.4, 0.5) is 0 Å². The van der Waals surface area contributed by atoms with E-state index in [0.29, 0.717) is 12.6 Å². The fraction of sp³-hybridized carbons (Fsp3) is 0.692. The van der Waals surface area contributed by atoms with Gasteiger partial charge in [-0.3, -0.25) is 4.57 Å². The zero-order valence-electron chi connectivity index (χ0n) is 10.9. The maximum atomic E-state index is 11.7. The molecule has 1 aromatic heterocycles. The van der Waals surface area contributed by atoms with Crippen molar-refractivity contribution in [2.75, 3.05) is 6.54 Å². The molecule has 4 heteroatoms. The number of aromatic nitrogens is 2. The van der Waals surface area contributed by atoms with Crippen LogP contribution in [0.1, 0.15) is 31.2 Å². The molecule has 1 unspecified atom stereocenters. The third kappa shape index (κ3) is 3.16. The number of aryl methyl sites for hydroxylation is 2. The van der Waals surface area contributed by atoms with Crippen LogP contribution < -0.4 is 11.0 Å². The molecule has 2 rings (SSSR count). The van der Waals surface area contributed by atoms with E-state index in [9.17, 15) is 4.79 Å². The highest BCUT2D eigenvalue weighted by Crippen LogP contribution is 2.32. The SMILES string of the molecule is Cc1cc(C)n(CCNC(C)C2CC2)c(=O)n1. The van der Waals surface area contributed by atoms with E-state index >= 15 is 0 Å². The van der Waals surface area contributed by atoms with E-state index in [-0.39, 0.29) is 5.69 Å². The largest absolute Gasteiger partial charge is 0.347 e. The van der Waals surface area contributed by atoms with Crippen molar-refractivity contribution in [1.29, 1.82) is 0 Å². The van der Waals surface area contributed by atoms with Crippen molar-refractivity contribution in [3.05, 3.63) is 27.9 Å². The van der Waals surface area contributed by atoms with Crippen molar-refractivity contribution in [2.24, 2.45) is 5.92 Å². The lowest BCUT2D eigenvalue weighted by Crippen LogP contribution is -2.35. The van der Waals surface area contributed by atoms with Crippen LogP contribution in [0.25, 0.3) is 0 Å². The van der Waals surface area contributed by atoms with Crippen molar-refractivity contribution < 1.29 is 0 Å². The highest BCUT2D eigenvalue weighted by molar-refractivity contribution is 5.06. The molecule has 1 aromatic rings. The second-order valence-corrected chi connectivity index (χ2v) is 5.05. The highest BCUT2D eigenvalue weighted by Gasteiger charge is 2.27. The number of hydrogen-bond acceptors (Lipinski definition) is 3. The van der Waals surface area contributed by atoms with Crippen LogP contribution in [0.3, 0.4) is 0 Å². The number of nitrogens with one attached hydrogen (secondary N) is 1. The smallest absolute Gasteiger partial charge is 0.312 e. The molecule has 1 heterocycles. The zero-order valence-corrected chi connectivity index (χ0v) is 10.9. The van der Waals surface area contributed by atoms with Crippen LogP contribution in [0.5, 0.6) is 0 Å². The Morgan fingerprint density at radius 3 is 2.82 bits per heavy atom. The van der Waals surface area contributed by atoms with E-state index in [0.717, 1.165) is 23.9 Å². The Labute approximate surface area is 102 Å². The predicted octanol–water partition coefficient (Wildman–Crippen LogP) is 1.25. The molecule has 1 atom stereocenters. The van der Waals surface area contributed by atoms with E-state index in [2.05, 4.69) is 17.2 Å². The van der Waals surface area contributed by atoms with Gasteiger partial charge in [0.05, 0.1) is 0 Å². The van der Waals surface area contributed by atoms with E-state index in [1.54, 1.807) is 4.57 Å². The second kappa shape index (κ2) is 5.00. The molecule has 0 bridgehead atoms. The predicted molar refractivity (Wildman–Crippen MR) is 68.2 cm³/mol. The average molecular weight is 235 g/mol. The van der Waals surface area contributed by atoms with Gasteiger partial charge in [0.2, 0.25) is 0 Å². The average Bonchev–Trinajstić information content (AvgIpc) is 3.04. The van der Waals surface area contributed by atoms with Crippen LogP contribution in [0.15, 0.2) is 10.9 Å². The van der Waals surface area contributed by atoms with E-state index in [1.165, 1.54) is 12.8 Å². The minimum Gasteiger partial charge on any atom is -0.312 e. The van der Waals surface area contributed by atoms with Crippen molar-refractivity contribution in [3.8, 4) is 0 Å². The Balaban J connectivity index is 1.92. The van der Waals surface area contributed by atoms with Gasteiger partial charge in [0, 0.05) is 30.5 Å². The van der Waals surface area contributed by atoms with Gasteiger partial charge in [-0.15, -0.1) is 0 Å². The lowest BCUT2D eigenvalue weighted by atomic mass is 10.2. The standard InChI is InChI=1S/C13H21N3O/c1-9-8-10(2)16(13(17)15-9)7-6-14-11(3)12-4-5-12/h8,11-12,14H,4-7H2,1-3H3. The van der Waals surface area contributed by atoms with Crippen LogP contribution >= 0.6 is 0 Å². The Hall–Kier alpha value is -1.16. The van der Waals surface area contributed by atoms with Gasteiger partial charge < -0.3 is 5.32 Å². The highest BCUT2D eigenvalue weighted by atomic mass is 16.1. The van der Waals surface area contributed by atoms with Crippen LogP contribution in [-0.2, 0) is 6.54 Å². The Bertz CT molecular complexity index is 448. The van der Waals surface area contributed by atoms with E-state index < -0.39 is 0 Å². The molecule has 1 saturated carbocycles. The van der Waals surface area contributed by atoms with Gasteiger partial charge in [0.15, 0.2) is 0 Å². The molecule has 0 aromatic carbocycles. The minimum atomic E-state index is -0.136. The van der Waals surface area contributed by atoms with Gasteiger partial charge in [-0.2, -0.15) is 4.98 Å². The van der Waals surface area contributed by atoms with Crippen molar-refractivity contribution in [2.45, 2.75) is 46.2 Å². The summed E-state index contributed by atoms with van der Waals surface area (Å²) >= 11 is 0. The van der Waals surface area contributed by atoms with Crippen molar-refractivity contribution in [3.63, 3.8) is 0 Å². The summed E-state index contributed by atoms with van der Waals surface area (Å²) in [7, 11) is 0. The molecule has 1 fully saturated rings. The third-order valence-electron chi connectivity index (χ3n) is 3.48. The monoisotopic (exact) mass is 235 g/mol. The molecule has 0 aliphatic heterocycles. The molecule has 1 aliphatic carbocycles. The Morgan fingerprint density at radius 1 is 1.53 bits per heavy atom. The second-order valence-electron chi connectivity index (χ2n) is 5.05. The first-order valence-corrected chi connectivity index (χ1v) is 6.36. The van der Waals surface area contributed by atoms with Crippen molar-refractivity contribution in [1.82, 2.24) is 14.9 Å². The summed E-state index contributed by atoms with van der Waals surface area (Å²) in [5.41, 5.74) is 1.65. The zero-order chi connectivity index (χ0) is 12.4. The molecule has 0 spiro atoms. The summed E-state index contributed by atoms with van der Waals surface area (Å²) in [5.74, 6) is 0.851. The molecule has 1 aliphatic rings. The van der Waals surface area contributed by atoms with Gasteiger partial charge in [-0.05, 0) is 45.6 Å². The lowest BCUT2D eigenvalue weighted by molar-refractivity contribution is 0.466. The number of nitrogens with zero attached hydrogens (tertiary/aromatic N) is 2. The normalized spacial score (nSPS) is 17.1. The maximum absolute atomic E-state index is 11.7. The summed E-state index contributed by atoms with van der Waals surface area (Å²) in [6, 6.07) is 2.52. The first-order chi connectivity index (χ1) is 8.08. The Morgan fingerprint density at radius 2 is 2.24 bits per heavy atom. The molecule has 94 valence electrons. The summed E-state index contributed by atoms with van der Waals surface area (Å²) in [6.45, 7) is 7.57. The fourth-order valence-electron chi connectivity index (χ4n) is 2.21. The van der Waals surface area contributed by atoms with E-state index in [4.69, 9.17) is 0 Å². The van der Waals surface area contributed by atoms with Gasteiger partial charge >= 0.3 is 5.69 Å². The van der Waals surface area contributed by atoms with Gasteiger partial charge in [-0.25, -0.2) is 4.79 Å². The molecule has 1 N–H and O–H groups in total. The van der Waals surface area contributed by atoms with Gasteiger partial charge in [0.25, 0.3) is 0 Å². The van der Waals surface area contributed by atoms with Crippen LogP contribution in [0.2, 0.25) is 0 Å². The number of rotatable bonds is 5. The Kier molecular flexibility index (Phi) is 3.62. The van der Waals surface area contributed by atoms with Gasteiger partial charge in [0.1, 0.15) is 0 Å². The first-order valence-electron chi connectivity index (χ1n) is 6.36. The lowest BCUT2D eigenvalue weighted by Gasteiger charge is -2.14. The molecular formula is C13H21N3O. The van der Waals surface area contributed by atoms with Crippen molar-refractivity contribution >= 4 is 0 Å². The fourth-order valence-corrected chi connectivity index (χ4v) is 2.21. The topological polar surface area (TPSA) is 46.9 Å². The first kappa shape index (κ1) is 12.3. The summed E-state index contributed by atoms with van der Waals surface area (Å²) in [4.78, 5) is 15.7. The van der Waals surface area contributed by atoms with Crippen LogP contribution in [0, 0.1) is 19.8 Å². The molecular weight excluding hydrogens is 214 g/mol. The van der Waals surface area contributed by atoms with Crippen LogP contribution in [-0.4, -0.2) is 22.1 Å². The molecule has 4 nitrogen and oxygen atoms in total. The van der Waals surface area contributed by atoms with E-state index in [1.807, 2.05) is 19.9 Å². The van der Waals surface area contributed by atoms with Gasteiger partial charge in [-0.1, -0.05) is 0 Å². The minimum absolute atomic E-state index is 0.136. The molecule has 0 saturated heterocycles.